The van der Waals surface area contributed by atoms with Gasteiger partial charge in [-0.3, -0.25) is 0 Å². The Labute approximate surface area is 108 Å². The Hall–Kier alpha value is -1.26. The molecule has 4 nitrogen and oxygen atoms in total. The molecule has 17 heavy (non-hydrogen) atoms. The number of hydrogen-bond acceptors (Lipinski definition) is 4. The van der Waals surface area contributed by atoms with Gasteiger partial charge in [0, 0.05) is 11.5 Å². The fraction of sp³-hybridized carbons (Fsp3) is 0.273. The van der Waals surface area contributed by atoms with Crippen molar-refractivity contribution in [3.8, 4) is 11.5 Å². The number of halogens is 2. The van der Waals surface area contributed by atoms with Crippen molar-refractivity contribution < 1.29 is 9.47 Å². The molecule has 0 atom stereocenters. The fourth-order valence-electron chi connectivity index (χ4n) is 1.45. The van der Waals surface area contributed by atoms with Crippen molar-refractivity contribution in [3.05, 3.63) is 23.6 Å². The summed E-state index contributed by atoms with van der Waals surface area (Å²) >= 11 is 11.6. The maximum absolute atomic E-state index is 5.99. The van der Waals surface area contributed by atoms with Gasteiger partial charge in [0.15, 0.2) is 11.5 Å². The van der Waals surface area contributed by atoms with E-state index in [1.54, 1.807) is 19.2 Å². The molecule has 1 aromatic carbocycles. The van der Waals surface area contributed by atoms with Crippen LogP contribution < -0.4 is 9.47 Å². The predicted molar refractivity (Wildman–Crippen MR) is 67.3 cm³/mol. The highest BCUT2D eigenvalue weighted by Crippen LogP contribution is 2.33. The third-order valence-corrected chi connectivity index (χ3v) is 2.66. The summed E-state index contributed by atoms with van der Waals surface area (Å²) in [5.74, 6) is 1.58. The molecule has 90 valence electrons. The SMILES string of the molecule is COc1cc2ncnc(Cl)c2cc1OCCCl. The molecule has 0 spiro atoms. The van der Waals surface area contributed by atoms with Crippen LogP contribution in [0.4, 0.5) is 0 Å². The van der Waals surface area contributed by atoms with Crippen LogP contribution in [0.25, 0.3) is 10.9 Å². The molecule has 1 aromatic heterocycles. The maximum Gasteiger partial charge on any atom is 0.162 e. The molecule has 6 heteroatoms. The van der Waals surface area contributed by atoms with Gasteiger partial charge < -0.3 is 9.47 Å². The van der Waals surface area contributed by atoms with E-state index in [0.29, 0.717) is 34.7 Å². The largest absolute Gasteiger partial charge is 0.493 e. The lowest BCUT2D eigenvalue weighted by Gasteiger charge is -2.11. The van der Waals surface area contributed by atoms with Crippen LogP contribution in [0.5, 0.6) is 11.5 Å². The molecule has 0 N–H and O–H groups in total. The van der Waals surface area contributed by atoms with Gasteiger partial charge in [-0.05, 0) is 6.07 Å². The Morgan fingerprint density at radius 3 is 2.76 bits per heavy atom. The zero-order valence-corrected chi connectivity index (χ0v) is 10.6. The number of fused-ring (bicyclic) bond motifs is 1. The summed E-state index contributed by atoms with van der Waals surface area (Å²) < 4.78 is 10.7. The minimum atomic E-state index is 0.383. The number of methoxy groups -OCH3 is 1. The van der Waals surface area contributed by atoms with Crippen LogP contribution in [-0.4, -0.2) is 29.6 Å². The topological polar surface area (TPSA) is 44.2 Å². The van der Waals surface area contributed by atoms with Gasteiger partial charge in [0.2, 0.25) is 0 Å². The molecule has 0 fully saturated rings. The first kappa shape index (κ1) is 12.2. The van der Waals surface area contributed by atoms with Gasteiger partial charge in [0.25, 0.3) is 0 Å². The lowest BCUT2D eigenvalue weighted by molar-refractivity contribution is 0.313. The number of aromatic nitrogens is 2. The number of alkyl halides is 1. The quantitative estimate of drug-likeness (QED) is 0.634. The Bertz CT molecular complexity index is 534. The van der Waals surface area contributed by atoms with Crippen molar-refractivity contribution in [2.75, 3.05) is 19.6 Å². The smallest absolute Gasteiger partial charge is 0.162 e. The second-order valence-corrected chi connectivity index (χ2v) is 3.96. The van der Waals surface area contributed by atoms with E-state index < -0.39 is 0 Å². The van der Waals surface area contributed by atoms with Crippen molar-refractivity contribution in [2.45, 2.75) is 0 Å². The number of nitrogens with zero attached hydrogens (tertiary/aromatic N) is 2. The number of ether oxygens (including phenoxy) is 2. The summed E-state index contributed by atoms with van der Waals surface area (Å²) in [6, 6.07) is 3.51. The van der Waals surface area contributed by atoms with Gasteiger partial charge in [0.05, 0.1) is 18.5 Å². The van der Waals surface area contributed by atoms with Crippen LogP contribution in [0.2, 0.25) is 5.15 Å². The van der Waals surface area contributed by atoms with Gasteiger partial charge in [0.1, 0.15) is 18.1 Å². The second-order valence-electron chi connectivity index (χ2n) is 3.22. The summed E-state index contributed by atoms with van der Waals surface area (Å²) in [6.45, 7) is 0.398. The summed E-state index contributed by atoms with van der Waals surface area (Å²) in [4.78, 5) is 8.03. The summed E-state index contributed by atoms with van der Waals surface area (Å²) in [5, 5.41) is 1.10. The van der Waals surface area contributed by atoms with Crippen LogP contribution >= 0.6 is 23.2 Å². The first-order valence-electron chi connectivity index (χ1n) is 4.93. The Balaban J connectivity index is 2.53. The van der Waals surface area contributed by atoms with Crippen LogP contribution in [-0.2, 0) is 0 Å². The zero-order chi connectivity index (χ0) is 12.3. The average Bonchev–Trinajstić information content (AvgIpc) is 2.36. The van der Waals surface area contributed by atoms with Gasteiger partial charge in [-0.1, -0.05) is 11.6 Å². The molecule has 0 bridgehead atoms. The van der Waals surface area contributed by atoms with Gasteiger partial charge in [-0.25, -0.2) is 9.97 Å². The van der Waals surface area contributed by atoms with Gasteiger partial charge in [-0.15, -0.1) is 11.6 Å². The van der Waals surface area contributed by atoms with Crippen molar-refractivity contribution in [2.24, 2.45) is 0 Å². The second kappa shape index (κ2) is 5.38. The first-order valence-corrected chi connectivity index (χ1v) is 5.84. The van der Waals surface area contributed by atoms with Crippen LogP contribution in [0.1, 0.15) is 0 Å². The fourth-order valence-corrected chi connectivity index (χ4v) is 1.73. The van der Waals surface area contributed by atoms with E-state index in [1.165, 1.54) is 6.33 Å². The maximum atomic E-state index is 5.99. The highest BCUT2D eigenvalue weighted by Gasteiger charge is 2.10. The van der Waals surface area contributed by atoms with Crippen LogP contribution in [0, 0.1) is 0 Å². The molecule has 0 radical (unpaired) electrons. The van der Waals surface area contributed by atoms with E-state index in [4.69, 9.17) is 32.7 Å². The van der Waals surface area contributed by atoms with Crippen molar-refractivity contribution in [1.29, 1.82) is 0 Å². The summed E-state index contributed by atoms with van der Waals surface area (Å²) in [6.07, 6.45) is 1.41. The van der Waals surface area contributed by atoms with Gasteiger partial charge in [-0.2, -0.15) is 0 Å². The normalized spacial score (nSPS) is 10.5. The molecule has 0 saturated carbocycles. The zero-order valence-electron chi connectivity index (χ0n) is 9.11. The Morgan fingerprint density at radius 2 is 2.06 bits per heavy atom. The standard InChI is InChI=1S/C11H10Cl2N2O2/c1-16-9-5-8-7(11(13)15-6-14-8)4-10(9)17-3-2-12/h4-6H,2-3H2,1H3. The molecule has 0 aliphatic heterocycles. The lowest BCUT2D eigenvalue weighted by atomic mass is 10.2. The number of hydrogen-bond donors (Lipinski definition) is 0. The highest BCUT2D eigenvalue weighted by atomic mass is 35.5. The van der Waals surface area contributed by atoms with E-state index in [0.717, 1.165) is 5.39 Å². The van der Waals surface area contributed by atoms with Gasteiger partial charge >= 0.3 is 0 Å². The number of rotatable bonds is 4. The lowest BCUT2D eigenvalue weighted by Crippen LogP contribution is -2.00. The third-order valence-electron chi connectivity index (χ3n) is 2.21. The molecular formula is C11H10Cl2N2O2. The predicted octanol–water partition coefficient (Wildman–Crippen LogP) is 2.91. The van der Waals surface area contributed by atoms with E-state index >= 15 is 0 Å². The average molecular weight is 273 g/mol. The van der Waals surface area contributed by atoms with E-state index in [-0.39, 0.29) is 0 Å². The van der Waals surface area contributed by atoms with Crippen molar-refractivity contribution in [1.82, 2.24) is 9.97 Å². The molecule has 2 aromatic rings. The molecule has 0 amide bonds. The molecule has 0 aliphatic rings. The minimum absolute atomic E-state index is 0.383. The highest BCUT2D eigenvalue weighted by molar-refractivity contribution is 6.34. The van der Waals surface area contributed by atoms with E-state index in [2.05, 4.69) is 9.97 Å². The third kappa shape index (κ3) is 2.53. The van der Waals surface area contributed by atoms with Crippen LogP contribution in [0.3, 0.4) is 0 Å². The molecular weight excluding hydrogens is 263 g/mol. The van der Waals surface area contributed by atoms with E-state index in [9.17, 15) is 0 Å². The van der Waals surface area contributed by atoms with E-state index in [1.807, 2.05) is 0 Å². The molecule has 0 unspecified atom stereocenters. The molecule has 1 heterocycles. The Kier molecular flexibility index (Phi) is 3.86. The minimum Gasteiger partial charge on any atom is -0.493 e. The Morgan fingerprint density at radius 1 is 1.24 bits per heavy atom. The van der Waals surface area contributed by atoms with Crippen molar-refractivity contribution >= 4 is 34.1 Å². The number of benzene rings is 1. The molecule has 2 rings (SSSR count). The summed E-state index contributed by atoms with van der Waals surface area (Å²) in [7, 11) is 1.57. The van der Waals surface area contributed by atoms with Crippen molar-refractivity contribution in [3.63, 3.8) is 0 Å². The monoisotopic (exact) mass is 272 g/mol. The van der Waals surface area contributed by atoms with Crippen LogP contribution in [0.15, 0.2) is 18.5 Å². The summed E-state index contributed by atoms with van der Waals surface area (Å²) in [5.41, 5.74) is 0.708. The molecule has 0 saturated heterocycles. The molecule has 0 aliphatic carbocycles. The first-order chi connectivity index (χ1) is 8.26.